The van der Waals surface area contributed by atoms with Crippen molar-refractivity contribution < 1.29 is 18.4 Å². The minimum absolute atomic E-state index is 0.146. The van der Waals surface area contributed by atoms with Crippen molar-refractivity contribution in [2.75, 3.05) is 18.6 Å². The first-order valence-corrected chi connectivity index (χ1v) is 9.62. The molecule has 3 aromatic rings. The van der Waals surface area contributed by atoms with Crippen LogP contribution in [0.1, 0.15) is 29.6 Å². The van der Waals surface area contributed by atoms with Gasteiger partial charge in [0, 0.05) is 25.3 Å². The number of halogens is 2. The summed E-state index contributed by atoms with van der Waals surface area (Å²) in [5, 5.41) is 4.38. The number of rotatable bonds is 6. The number of ether oxygens (including phenoxy) is 1. The van der Waals surface area contributed by atoms with Crippen molar-refractivity contribution in [1.29, 1.82) is 0 Å². The van der Waals surface area contributed by atoms with Gasteiger partial charge in [-0.05, 0) is 42.3 Å². The first kappa shape index (κ1) is 19.4. The van der Waals surface area contributed by atoms with E-state index in [1.54, 1.807) is 7.11 Å². The zero-order valence-corrected chi connectivity index (χ0v) is 16.5. The third kappa shape index (κ3) is 4.24. The molecule has 0 radical (unpaired) electrons. The van der Waals surface area contributed by atoms with Gasteiger partial charge in [-0.25, -0.2) is 4.39 Å². The van der Waals surface area contributed by atoms with Crippen LogP contribution in [0.5, 0.6) is 5.75 Å². The Morgan fingerprint density at radius 2 is 2.03 bits per heavy atom. The van der Waals surface area contributed by atoms with Crippen molar-refractivity contribution in [1.82, 2.24) is 10.1 Å². The smallest absolute Gasteiger partial charge is 0.227 e. The minimum atomic E-state index is -0.443. The highest BCUT2D eigenvalue weighted by Crippen LogP contribution is 2.34. The normalized spacial score (nSPS) is 16.4. The number of amides is 1. The Bertz CT molecular complexity index is 1020. The number of anilines is 1. The fourth-order valence-corrected chi connectivity index (χ4v) is 3.60. The van der Waals surface area contributed by atoms with Crippen molar-refractivity contribution in [3.05, 3.63) is 70.6 Å². The van der Waals surface area contributed by atoms with Crippen LogP contribution in [0.25, 0.3) is 0 Å². The summed E-state index contributed by atoms with van der Waals surface area (Å²) in [6.07, 6.45) is 1.57. The molecule has 1 aliphatic rings. The molecule has 1 aromatic heterocycles. The molecule has 2 aromatic carbocycles. The number of aryl methyl sites for hydroxylation is 2. The maximum absolute atomic E-state index is 13.6. The summed E-state index contributed by atoms with van der Waals surface area (Å²) in [7, 11) is 1.63. The number of methoxy groups -OCH3 is 1. The molecule has 1 unspecified atom stereocenters. The van der Waals surface area contributed by atoms with Crippen LogP contribution in [0.2, 0.25) is 5.02 Å². The highest BCUT2D eigenvalue weighted by Gasteiger charge is 2.35. The third-order valence-corrected chi connectivity index (χ3v) is 5.28. The number of benzene rings is 2. The van der Waals surface area contributed by atoms with E-state index in [0.717, 1.165) is 17.7 Å². The van der Waals surface area contributed by atoms with Crippen molar-refractivity contribution in [3.8, 4) is 5.75 Å². The Labute approximate surface area is 172 Å². The summed E-state index contributed by atoms with van der Waals surface area (Å²) >= 11 is 6.14. The zero-order valence-electron chi connectivity index (χ0n) is 15.8. The van der Waals surface area contributed by atoms with E-state index >= 15 is 0 Å². The van der Waals surface area contributed by atoms with E-state index in [9.17, 15) is 9.18 Å². The van der Waals surface area contributed by atoms with Gasteiger partial charge < -0.3 is 14.2 Å². The Kier molecular flexibility index (Phi) is 5.49. The van der Waals surface area contributed by atoms with Crippen molar-refractivity contribution >= 4 is 23.2 Å². The molecule has 1 fully saturated rings. The lowest BCUT2D eigenvalue weighted by Gasteiger charge is -2.17. The lowest BCUT2D eigenvalue weighted by molar-refractivity contribution is -0.117. The molecule has 8 heteroatoms. The average Bonchev–Trinajstić information content (AvgIpc) is 3.35. The Morgan fingerprint density at radius 1 is 1.24 bits per heavy atom. The molecule has 0 spiro atoms. The SMILES string of the molecule is COc1ccc(CCc2nc(C3CC(=O)N(c4cc(F)ccc4Cl)C3)no2)cc1. The molecule has 1 aliphatic heterocycles. The van der Waals surface area contributed by atoms with E-state index in [-0.39, 0.29) is 18.2 Å². The van der Waals surface area contributed by atoms with Crippen LogP contribution in [0.3, 0.4) is 0 Å². The van der Waals surface area contributed by atoms with Crippen molar-refractivity contribution in [3.63, 3.8) is 0 Å². The van der Waals surface area contributed by atoms with Crippen LogP contribution >= 0.6 is 11.6 Å². The molecule has 4 rings (SSSR count). The van der Waals surface area contributed by atoms with Crippen LogP contribution in [-0.4, -0.2) is 29.7 Å². The molecule has 2 heterocycles. The summed E-state index contributed by atoms with van der Waals surface area (Å²) in [5.41, 5.74) is 1.50. The topological polar surface area (TPSA) is 68.5 Å². The molecule has 1 saturated heterocycles. The molecule has 150 valence electrons. The highest BCUT2D eigenvalue weighted by molar-refractivity contribution is 6.33. The Morgan fingerprint density at radius 3 is 2.79 bits per heavy atom. The number of nitrogens with zero attached hydrogens (tertiary/aromatic N) is 3. The second-order valence-corrected chi connectivity index (χ2v) is 7.30. The van der Waals surface area contributed by atoms with Crippen LogP contribution in [-0.2, 0) is 17.6 Å². The highest BCUT2D eigenvalue weighted by atomic mass is 35.5. The average molecular weight is 416 g/mol. The van der Waals surface area contributed by atoms with Gasteiger partial charge in [0.2, 0.25) is 11.8 Å². The van der Waals surface area contributed by atoms with E-state index in [1.807, 2.05) is 24.3 Å². The summed E-state index contributed by atoms with van der Waals surface area (Å²) in [5.74, 6) is 1.000. The monoisotopic (exact) mass is 415 g/mol. The predicted molar refractivity (Wildman–Crippen MR) is 106 cm³/mol. The second-order valence-electron chi connectivity index (χ2n) is 6.90. The molecular weight excluding hydrogens is 397 g/mol. The van der Waals surface area contributed by atoms with Gasteiger partial charge in [-0.2, -0.15) is 4.98 Å². The number of hydrogen-bond acceptors (Lipinski definition) is 5. The van der Waals surface area contributed by atoms with E-state index in [2.05, 4.69) is 10.1 Å². The molecular formula is C21H19ClFN3O3. The summed E-state index contributed by atoms with van der Waals surface area (Å²) in [6.45, 7) is 0.333. The lowest BCUT2D eigenvalue weighted by Crippen LogP contribution is -2.24. The van der Waals surface area contributed by atoms with Crippen molar-refractivity contribution in [2.24, 2.45) is 0 Å². The van der Waals surface area contributed by atoms with Gasteiger partial charge in [0.05, 0.1) is 17.8 Å². The Hall–Kier alpha value is -2.93. The zero-order chi connectivity index (χ0) is 20.4. The number of hydrogen-bond donors (Lipinski definition) is 0. The molecule has 6 nitrogen and oxygen atoms in total. The lowest BCUT2D eigenvalue weighted by atomic mass is 10.1. The van der Waals surface area contributed by atoms with Crippen LogP contribution < -0.4 is 9.64 Å². The van der Waals surface area contributed by atoms with Crippen LogP contribution in [0.15, 0.2) is 47.0 Å². The van der Waals surface area contributed by atoms with E-state index in [0.29, 0.717) is 35.4 Å². The van der Waals surface area contributed by atoms with Gasteiger partial charge in [0.15, 0.2) is 5.82 Å². The van der Waals surface area contributed by atoms with E-state index in [4.69, 9.17) is 20.9 Å². The van der Waals surface area contributed by atoms with Gasteiger partial charge in [0.1, 0.15) is 11.6 Å². The number of carbonyl (C=O) groups is 1. The number of aromatic nitrogens is 2. The first-order chi connectivity index (χ1) is 14.0. The first-order valence-electron chi connectivity index (χ1n) is 9.24. The van der Waals surface area contributed by atoms with Gasteiger partial charge in [-0.3, -0.25) is 4.79 Å². The largest absolute Gasteiger partial charge is 0.497 e. The van der Waals surface area contributed by atoms with Crippen LogP contribution in [0.4, 0.5) is 10.1 Å². The maximum Gasteiger partial charge on any atom is 0.227 e. The summed E-state index contributed by atoms with van der Waals surface area (Å²) in [4.78, 5) is 18.4. The van der Waals surface area contributed by atoms with Gasteiger partial charge in [-0.1, -0.05) is 28.9 Å². The molecule has 29 heavy (non-hydrogen) atoms. The second kappa shape index (κ2) is 8.21. The fraction of sp³-hybridized carbons (Fsp3) is 0.286. The molecule has 0 aliphatic carbocycles. The third-order valence-electron chi connectivity index (χ3n) is 4.96. The van der Waals surface area contributed by atoms with Gasteiger partial charge >= 0.3 is 0 Å². The quantitative estimate of drug-likeness (QED) is 0.604. The number of carbonyl (C=O) groups excluding carboxylic acids is 1. The minimum Gasteiger partial charge on any atom is -0.497 e. The predicted octanol–water partition coefficient (Wildman–Crippen LogP) is 4.18. The molecule has 1 atom stereocenters. The van der Waals surface area contributed by atoms with Gasteiger partial charge in [0.25, 0.3) is 0 Å². The summed E-state index contributed by atoms with van der Waals surface area (Å²) in [6, 6.07) is 11.8. The molecule has 0 saturated carbocycles. The molecule has 0 bridgehead atoms. The van der Waals surface area contributed by atoms with E-state index < -0.39 is 5.82 Å². The summed E-state index contributed by atoms with van der Waals surface area (Å²) < 4.78 is 24.1. The maximum atomic E-state index is 13.6. The standard InChI is InChI=1S/C21H19ClFN3O3/c1-28-16-6-2-13(3-7-16)4-9-19-24-21(25-29-19)14-10-20(27)26(12-14)18-11-15(23)5-8-17(18)22/h2-3,5-8,11,14H,4,9-10,12H2,1H3. The van der Waals surface area contributed by atoms with Crippen molar-refractivity contribution in [2.45, 2.75) is 25.2 Å². The molecule has 1 amide bonds. The van der Waals surface area contributed by atoms with Gasteiger partial charge in [-0.15, -0.1) is 0 Å². The Balaban J connectivity index is 1.41. The van der Waals surface area contributed by atoms with Crippen LogP contribution in [0, 0.1) is 5.82 Å². The molecule has 0 N–H and O–H groups in total. The fourth-order valence-electron chi connectivity index (χ4n) is 3.38. The van der Waals surface area contributed by atoms with E-state index in [1.165, 1.54) is 23.1 Å².